The van der Waals surface area contributed by atoms with Crippen LogP contribution in [0.3, 0.4) is 0 Å². The van der Waals surface area contributed by atoms with Crippen molar-refractivity contribution < 1.29 is 0 Å². The zero-order valence-electron chi connectivity index (χ0n) is 37.1. The second kappa shape index (κ2) is 13.7. The lowest BCUT2D eigenvalue weighted by atomic mass is 9.76. The molecular weight excluding hydrogens is 723 g/mol. The Labute approximate surface area is 359 Å². The van der Waals surface area contributed by atoms with Crippen LogP contribution in [0.5, 0.6) is 0 Å². The van der Waals surface area contributed by atoms with E-state index in [0.29, 0.717) is 0 Å². The summed E-state index contributed by atoms with van der Waals surface area (Å²) in [7, 11) is 0. The topological polar surface area (TPSA) is 3.24 Å². The summed E-state index contributed by atoms with van der Waals surface area (Å²) in [4.78, 5) is 2.60. The van der Waals surface area contributed by atoms with Gasteiger partial charge in [0.25, 0.3) is 0 Å². The number of nitrogens with zero attached hydrogens (tertiary/aromatic N) is 1. The molecule has 0 bridgehead atoms. The summed E-state index contributed by atoms with van der Waals surface area (Å²) >= 11 is 0. The van der Waals surface area contributed by atoms with E-state index in [1.54, 1.807) is 0 Å². The molecule has 1 fully saturated rings. The molecule has 7 aromatic carbocycles. The molecule has 0 aliphatic heterocycles. The summed E-state index contributed by atoms with van der Waals surface area (Å²) in [6.07, 6.45) is 4.96. The van der Waals surface area contributed by atoms with Crippen molar-refractivity contribution >= 4 is 17.1 Å². The summed E-state index contributed by atoms with van der Waals surface area (Å²) in [5.74, 6) is 0. The molecule has 1 spiro atoms. The molecule has 10 rings (SSSR count). The van der Waals surface area contributed by atoms with Gasteiger partial charge in [0.05, 0.1) is 5.69 Å². The number of rotatable bonds is 5. The highest BCUT2D eigenvalue weighted by Crippen LogP contribution is 2.59. The van der Waals surface area contributed by atoms with Gasteiger partial charge >= 0.3 is 0 Å². The van der Waals surface area contributed by atoms with Crippen LogP contribution in [0.15, 0.2) is 146 Å². The fourth-order valence-electron chi connectivity index (χ4n) is 11.1. The molecule has 0 N–H and O–H groups in total. The zero-order chi connectivity index (χ0) is 41.8. The van der Waals surface area contributed by atoms with Crippen LogP contribution in [0.1, 0.15) is 120 Å². The molecule has 0 saturated heterocycles. The van der Waals surface area contributed by atoms with Gasteiger partial charge in [0.15, 0.2) is 0 Å². The van der Waals surface area contributed by atoms with Crippen LogP contribution in [0.25, 0.3) is 44.5 Å². The monoisotopic (exact) mass is 781 g/mol. The SMILES string of the molecule is Cc1cc(N(c2ccc3c(c2)C(C)(C)c2ccccc2-3)c2ccc3c(c2)C2(CCCC2)c2ccccc2-3)c(-c2cccc(C(C)(C)C)c2)cc1-c1ccc(C(C)(C)C)cc1. The van der Waals surface area contributed by atoms with E-state index in [4.69, 9.17) is 0 Å². The Morgan fingerprint density at radius 3 is 1.65 bits per heavy atom. The molecule has 0 unspecified atom stereocenters. The van der Waals surface area contributed by atoms with Gasteiger partial charge in [-0.25, -0.2) is 0 Å². The third-order valence-corrected chi connectivity index (χ3v) is 14.5. The molecule has 0 atom stereocenters. The largest absolute Gasteiger partial charge is 0.310 e. The van der Waals surface area contributed by atoms with E-state index in [9.17, 15) is 0 Å². The summed E-state index contributed by atoms with van der Waals surface area (Å²) in [6, 6.07) is 56.5. The van der Waals surface area contributed by atoms with Crippen molar-refractivity contribution in [2.24, 2.45) is 0 Å². The maximum absolute atomic E-state index is 2.60. The molecule has 3 aliphatic carbocycles. The third-order valence-electron chi connectivity index (χ3n) is 14.5. The summed E-state index contributed by atoms with van der Waals surface area (Å²) in [6.45, 7) is 20.9. The molecule has 7 aromatic rings. The van der Waals surface area contributed by atoms with E-state index in [-0.39, 0.29) is 21.7 Å². The molecule has 1 saturated carbocycles. The van der Waals surface area contributed by atoms with Crippen LogP contribution in [0, 0.1) is 6.92 Å². The van der Waals surface area contributed by atoms with Crippen molar-refractivity contribution in [2.45, 2.75) is 110 Å². The first kappa shape index (κ1) is 38.5. The molecule has 300 valence electrons. The zero-order valence-corrected chi connectivity index (χ0v) is 37.1. The van der Waals surface area contributed by atoms with Crippen LogP contribution in [0.2, 0.25) is 0 Å². The number of aryl methyl sites for hydroxylation is 1. The van der Waals surface area contributed by atoms with Gasteiger partial charge < -0.3 is 4.90 Å². The number of fused-ring (bicyclic) bond motifs is 8. The molecule has 0 amide bonds. The predicted molar refractivity (Wildman–Crippen MR) is 256 cm³/mol. The van der Waals surface area contributed by atoms with E-state index < -0.39 is 0 Å². The summed E-state index contributed by atoms with van der Waals surface area (Å²) in [5.41, 5.74) is 24.0. The maximum atomic E-state index is 2.60. The Balaban J connectivity index is 1.24. The number of hydrogen-bond acceptors (Lipinski definition) is 1. The molecule has 60 heavy (non-hydrogen) atoms. The van der Waals surface area contributed by atoms with E-state index in [1.165, 1.54) is 126 Å². The Hall–Kier alpha value is -5.66. The maximum Gasteiger partial charge on any atom is 0.0543 e. The predicted octanol–water partition coefficient (Wildman–Crippen LogP) is 16.5. The van der Waals surface area contributed by atoms with E-state index >= 15 is 0 Å². The number of anilines is 3. The van der Waals surface area contributed by atoms with Crippen LogP contribution in [0.4, 0.5) is 17.1 Å². The lowest BCUT2D eigenvalue weighted by Gasteiger charge is -2.33. The second-order valence-corrected chi connectivity index (χ2v) is 20.6. The Bertz CT molecular complexity index is 2810. The van der Waals surface area contributed by atoms with E-state index in [2.05, 4.69) is 213 Å². The average molecular weight is 782 g/mol. The van der Waals surface area contributed by atoms with Crippen molar-refractivity contribution in [3.63, 3.8) is 0 Å². The molecule has 0 radical (unpaired) electrons. The summed E-state index contributed by atoms with van der Waals surface area (Å²) in [5, 5.41) is 0. The minimum atomic E-state index is -0.121. The highest BCUT2D eigenvalue weighted by Gasteiger charge is 2.45. The van der Waals surface area contributed by atoms with Crippen LogP contribution in [-0.2, 0) is 21.7 Å². The third kappa shape index (κ3) is 6.02. The van der Waals surface area contributed by atoms with Gasteiger partial charge in [0.2, 0.25) is 0 Å². The fraction of sp³-hybridized carbons (Fsp3) is 0.288. The van der Waals surface area contributed by atoms with Gasteiger partial charge in [-0.1, -0.05) is 177 Å². The number of benzene rings is 7. The van der Waals surface area contributed by atoms with Crippen molar-refractivity contribution in [2.75, 3.05) is 4.90 Å². The quantitative estimate of drug-likeness (QED) is 0.168. The van der Waals surface area contributed by atoms with Crippen molar-refractivity contribution in [1.29, 1.82) is 0 Å². The van der Waals surface area contributed by atoms with Crippen molar-refractivity contribution in [3.05, 3.63) is 185 Å². The molecule has 3 aliphatic rings. The molecule has 0 aromatic heterocycles. The van der Waals surface area contributed by atoms with Gasteiger partial charge in [-0.2, -0.15) is 0 Å². The Morgan fingerprint density at radius 1 is 0.433 bits per heavy atom. The first-order valence-corrected chi connectivity index (χ1v) is 22.3. The average Bonchev–Trinajstić information content (AvgIpc) is 3.90. The smallest absolute Gasteiger partial charge is 0.0543 e. The first-order chi connectivity index (χ1) is 28.6. The van der Waals surface area contributed by atoms with Gasteiger partial charge in [0, 0.05) is 27.8 Å². The van der Waals surface area contributed by atoms with Crippen molar-refractivity contribution in [3.8, 4) is 44.5 Å². The highest BCUT2D eigenvalue weighted by molar-refractivity contribution is 5.95. The van der Waals surface area contributed by atoms with E-state index in [0.717, 1.165) is 0 Å². The van der Waals surface area contributed by atoms with Gasteiger partial charge in [-0.05, 0) is 145 Å². The number of hydrogen-bond donors (Lipinski definition) is 0. The molecule has 0 heterocycles. The van der Waals surface area contributed by atoms with E-state index in [1.807, 2.05) is 0 Å². The van der Waals surface area contributed by atoms with Gasteiger partial charge in [-0.15, -0.1) is 0 Å². The normalized spacial score (nSPS) is 15.8. The van der Waals surface area contributed by atoms with Gasteiger partial charge in [0.1, 0.15) is 0 Å². The first-order valence-electron chi connectivity index (χ1n) is 22.3. The molecule has 1 heteroatoms. The summed E-state index contributed by atoms with van der Waals surface area (Å²) < 4.78 is 0. The lowest BCUT2D eigenvalue weighted by Crippen LogP contribution is -2.21. The van der Waals surface area contributed by atoms with Crippen LogP contribution >= 0.6 is 0 Å². The molecule has 1 nitrogen and oxygen atoms in total. The fourth-order valence-corrected chi connectivity index (χ4v) is 11.1. The minimum Gasteiger partial charge on any atom is -0.310 e. The Kier molecular flexibility index (Phi) is 8.79. The molecular formula is C59H59N. The lowest BCUT2D eigenvalue weighted by molar-refractivity contribution is 0.550. The van der Waals surface area contributed by atoms with Crippen LogP contribution in [-0.4, -0.2) is 0 Å². The van der Waals surface area contributed by atoms with Gasteiger partial charge in [-0.3, -0.25) is 0 Å². The standard InChI is InChI=1S/C59H59N/c1-38-33-55(50(40-17-16-18-42(34-40)57(5,6)7)37-49(38)39-23-25-41(26-24-39)56(2,3)4)60(43-27-29-47-45-19-10-12-21-51(45)58(8,9)53(47)35-43)44-28-30-48-46-20-11-13-22-52(46)59(54(48)36-44)31-14-15-32-59/h10-13,16-30,33-37H,14-15,31-32H2,1-9H3. The second-order valence-electron chi connectivity index (χ2n) is 20.6. The Morgan fingerprint density at radius 2 is 1.00 bits per heavy atom. The highest BCUT2D eigenvalue weighted by atomic mass is 15.1. The van der Waals surface area contributed by atoms with Crippen LogP contribution < -0.4 is 4.90 Å². The van der Waals surface area contributed by atoms with Crippen molar-refractivity contribution in [1.82, 2.24) is 0 Å². The minimum absolute atomic E-state index is 0.0112.